The van der Waals surface area contributed by atoms with E-state index in [2.05, 4.69) is 16.8 Å². The molecule has 0 saturated carbocycles. The van der Waals surface area contributed by atoms with Crippen molar-refractivity contribution in [3.05, 3.63) is 34.4 Å². The van der Waals surface area contributed by atoms with Crippen molar-refractivity contribution in [1.29, 1.82) is 5.26 Å². The highest BCUT2D eigenvalue weighted by molar-refractivity contribution is 7.23. The fourth-order valence-electron chi connectivity index (χ4n) is 8.22. The van der Waals surface area contributed by atoms with Crippen LogP contribution in [0.2, 0.25) is 5.02 Å². The zero-order valence-electron chi connectivity index (χ0n) is 24.6. The summed E-state index contributed by atoms with van der Waals surface area (Å²) in [5, 5.41) is 20.8. The molecular weight excluding hydrogens is 622 g/mol. The molecule has 8 rings (SSSR count). The molecule has 3 fully saturated rings. The zero-order valence-corrected chi connectivity index (χ0v) is 26.1. The number of nitriles is 1. The van der Waals surface area contributed by atoms with Crippen LogP contribution in [-0.2, 0) is 0 Å². The van der Waals surface area contributed by atoms with Crippen LogP contribution in [0, 0.1) is 28.9 Å². The molecule has 0 radical (unpaired) electrons. The molecule has 45 heavy (non-hydrogen) atoms. The highest BCUT2D eigenvalue weighted by Gasteiger charge is 2.48. The van der Waals surface area contributed by atoms with E-state index in [1.54, 1.807) is 0 Å². The van der Waals surface area contributed by atoms with Gasteiger partial charge in [0.05, 0.1) is 44.9 Å². The molecule has 2 aromatic heterocycles. The summed E-state index contributed by atoms with van der Waals surface area (Å²) in [5.41, 5.74) is 6.11. The lowest BCUT2D eigenvalue weighted by atomic mass is 9.92. The van der Waals surface area contributed by atoms with Crippen molar-refractivity contribution < 1.29 is 23.4 Å². The van der Waals surface area contributed by atoms with Gasteiger partial charge < -0.3 is 25.2 Å². The molecule has 0 spiro atoms. The van der Waals surface area contributed by atoms with E-state index in [1.807, 2.05) is 11.0 Å². The number of benzene rings is 2. The van der Waals surface area contributed by atoms with E-state index >= 15 is 4.39 Å². The minimum absolute atomic E-state index is 0.0300. The molecule has 0 amide bonds. The van der Waals surface area contributed by atoms with Crippen molar-refractivity contribution in [3.63, 3.8) is 0 Å². The number of nitrogens with zero attached hydrogens (tertiary/aromatic N) is 5. The van der Waals surface area contributed by atoms with Crippen LogP contribution in [0.15, 0.2) is 12.1 Å². The number of ether oxygens (including phenoxy) is 2. The minimum Gasteiger partial charge on any atom is -0.489 e. The number of thiophene rings is 1. The topological polar surface area (TPSA) is 121 Å². The van der Waals surface area contributed by atoms with Gasteiger partial charge in [-0.1, -0.05) is 24.6 Å². The SMILES string of the molecule is C[C@H]1CN2CCC[C@@]2(COc2nc3c4c(c(Cl)c(-c5ccc(F)c6sc(N)c(C#N)c56)c(F)c4n2)OCC2CCC(CO)N32)C1. The van der Waals surface area contributed by atoms with Crippen molar-refractivity contribution in [2.75, 3.05) is 43.5 Å². The summed E-state index contributed by atoms with van der Waals surface area (Å²) in [6.45, 7) is 4.78. The largest absolute Gasteiger partial charge is 0.489 e. The van der Waals surface area contributed by atoms with Crippen LogP contribution in [-0.4, -0.2) is 70.5 Å². The molecular formula is C32H31ClF2N6O3S. The number of fused-ring (bicyclic) bond motifs is 4. The first kappa shape index (κ1) is 28.9. The molecule has 2 aromatic carbocycles. The van der Waals surface area contributed by atoms with Crippen molar-refractivity contribution in [3.8, 4) is 29.0 Å². The zero-order chi connectivity index (χ0) is 31.2. The Morgan fingerprint density at radius 1 is 1.29 bits per heavy atom. The van der Waals surface area contributed by atoms with Gasteiger partial charge in [0.2, 0.25) is 0 Å². The van der Waals surface area contributed by atoms with Gasteiger partial charge in [-0.2, -0.15) is 15.2 Å². The maximum atomic E-state index is 17.1. The molecule has 9 nitrogen and oxygen atoms in total. The Morgan fingerprint density at radius 2 is 2.13 bits per heavy atom. The number of hydrogen-bond acceptors (Lipinski definition) is 10. The highest BCUT2D eigenvalue weighted by atomic mass is 35.5. The van der Waals surface area contributed by atoms with E-state index in [0.29, 0.717) is 18.3 Å². The number of aliphatic hydroxyl groups excluding tert-OH is 1. The Labute approximate surface area is 267 Å². The third-order valence-corrected chi connectivity index (χ3v) is 11.5. The summed E-state index contributed by atoms with van der Waals surface area (Å²) in [5.74, 6) is -0.202. The van der Waals surface area contributed by atoms with E-state index in [0.717, 1.165) is 56.5 Å². The van der Waals surface area contributed by atoms with Gasteiger partial charge >= 0.3 is 6.01 Å². The van der Waals surface area contributed by atoms with Gasteiger partial charge in [0.15, 0.2) is 11.6 Å². The van der Waals surface area contributed by atoms with E-state index in [9.17, 15) is 14.8 Å². The molecule has 4 aliphatic rings. The van der Waals surface area contributed by atoms with Gasteiger partial charge in [0.25, 0.3) is 0 Å². The number of nitrogens with two attached hydrogens (primary N) is 1. The smallest absolute Gasteiger partial charge is 0.319 e. The molecule has 3 saturated heterocycles. The quantitative estimate of drug-likeness (QED) is 0.273. The number of halogens is 3. The molecule has 0 bridgehead atoms. The van der Waals surface area contributed by atoms with Crippen LogP contribution in [0.4, 0.5) is 19.6 Å². The van der Waals surface area contributed by atoms with Gasteiger partial charge in [-0.3, -0.25) is 4.90 Å². The fourth-order valence-corrected chi connectivity index (χ4v) is 9.50. The first-order valence-electron chi connectivity index (χ1n) is 15.3. The Morgan fingerprint density at radius 3 is 2.93 bits per heavy atom. The molecule has 4 aliphatic heterocycles. The fraction of sp³-hybridized carbons (Fsp3) is 0.469. The number of anilines is 2. The van der Waals surface area contributed by atoms with Crippen molar-refractivity contribution >= 4 is 54.7 Å². The van der Waals surface area contributed by atoms with Crippen LogP contribution >= 0.6 is 22.9 Å². The summed E-state index contributed by atoms with van der Waals surface area (Å²) in [6, 6.07) is 4.30. The van der Waals surface area contributed by atoms with Gasteiger partial charge in [-0.15, -0.1) is 11.3 Å². The van der Waals surface area contributed by atoms with Gasteiger partial charge in [-0.25, -0.2) is 8.78 Å². The molecule has 234 valence electrons. The number of rotatable bonds is 5. The second-order valence-electron chi connectivity index (χ2n) is 12.8. The molecule has 3 N–H and O–H groups in total. The molecule has 13 heteroatoms. The first-order valence-corrected chi connectivity index (χ1v) is 16.5. The van der Waals surface area contributed by atoms with Gasteiger partial charge in [-0.05, 0) is 56.2 Å². The maximum Gasteiger partial charge on any atom is 0.319 e. The van der Waals surface area contributed by atoms with Gasteiger partial charge in [0, 0.05) is 17.5 Å². The van der Waals surface area contributed by atoms with Crippen molar-refractivity contribution in [2.45, 2.75) is 56.7 Å². The number of hydrogen-bond donors (Lipinski definition) is 2. The summed E-state index contributed by atoms with van der Waals surface area (Å²) in [6.07, 6.45) is 4.56. The first-order chi connectivity index (χ1) is 21.7. The number of aliphatic hydroxyl groups is 1. The van der Waals surface area contributed by atoms with E-state index in [4.69, 9.17) is 31.8 Å². The van der Waals surface area contributed by atoms with Crippen molar-refractivity contribution in [2.24, 2.45) is 5.92 Å². The van der Waals surface area contributed by atoms with Crippen LogP contribution < -0.4 is 20.1 Å². The summed E-state index contributed by atoms with van der Waals surface area (Å²) >= 11 is 7.93. The lowest BCUT2D eigenvalue weighted by Gasteiger charge is -2.32. The third-order valence-electron chi connectivity index (χ3n) is 10.1. The second-order valence-corrected chi connectivity index (χ2v) is 14.2. The van der Waals surface area contributed by atoms with E-state index in [-0.39, 0.29) is 90.3 Å². The summed E-state index contributed by atoms with van der Waals surface area (Å²) in [7, 11) is 0. The van der Waals surface area contributed by atoms with Crippen molar-refractivity contribution in [1.82, 2.24) is 14.9 Å². The van der Waals surface area contributed by atoms with Crippen LogP contribution in [0.3, 0.4) is 0 Å². The Bertz CT molecular complexity index is 1930. The number of nitrogen functional groups attached to an aromatic ring is 1. The predicted molar refractivity (Wildman–Crippen MR) is 169 cm³/mol. The molecule has 4 aromatic rings. The average molecular weight is 653 g/mol. The van der Waals surface area contributed by atoms with Crippen LogP contribution in [0.5, 0.6) is 11.8 Å². The second kappa shape index (κ2) is 10.5. The van der Waals surface area contributed by atoms with Crippen LogP contribution in [0.1, 0.15) is 44.6 Å². The molecule has 0 aliphatic carbocycles. The van der Waals surface area contributed by atoms with Crippen LogP contribution in [0.25, 0.3) is 32.1 Å². The van der Waals surface area contributed by atoms with E-state index in [1.165, 1.54) is 12.1 Å². The highest BCUT2D eigenvalue weighted by Crippen LogP contribution is 2.52. The monoisotopic (exact) mass is 652 g/mol. The normalized spacial score (nSPS) is 25.8. The lowest BCUT2D eigenvalue weighted by molar-refractivity contribution is 0.107. The minimum atomic E-state index is -0.772. The standard InChI is InChI=1S/C32H31ClF2N6O3S/c1-15-9-32(7-2-8-40(32)11-15)14-44-31-38-26-23-27(43-13-17-4-3-16(12-42)41(17)30(23)39-31)24(33)22(25(26)35)18-5-6-20(34)28-21(18)19(10-36)29(37)45-28/h5-6,15-17,42H,2-4,7-9,11-14,37H2,1H3/t15-,16?,17?,32+/m1/s1. The Balaban J connectivity index is 1.36. The number of aromatic nitrogens is 2. The third kappa shape index (κ3) is 4.20. The lowest BCUT2D eigenvalue weighted by Crippen LogP contribution is -2.43. The maximum absolute atomic E-state index is 17.1. The average Bonchev–Trinajstić information content (AvgIpc) is 3.75. The van der Waals surface area contributed by atoms with E-state index < -0.39 is 11.6 Å². The Hall–Kier alpha value is -3.50. The molecule has 6 heterocycles. The molecule has 2 unspecified atom stereocenters. The summed E-state index contributed by atoms with van der Waals surface area (Å²) < 4.78 is 44.8. The van der Waals surface area contributed by atoms with Gasteiger partial charge in [0.1, 0.15) is 41.4 Å². The molecule has 4 atom stereocenters. The predicted octanol–water partition coefficient (Wildman–Crippen LogP) is 5.87. The summed E-state index contributed by atoms with van der Waals surface area (Å²) in [4.78, 5) is 14.0. The Kier molecular flexibility index (Phi) is 6.77.